The topological polar surface area (TPSA) is 38.7 Å². The van der Waals surface area contributed by atoms with Crippen LogP contribution in [0.4, 0.5) is 0 Å². The van der Waals surface area contributed by atoms with E-state index in [1.807, 2.05) is 0 Å². The second-order valence-corrected chi connectivity index (χ2v) is 17.4. The van der Waals surface area contributed by atoms with Crippen LogP contribution in [0.3, 0.4) is 0 Å². The third-order valence-corrected chi connectivity index (χ3v) is 11.7. The lowest BCUT2D eigenvalue weighted by Crippen LogP contribution is -2.47. The first-order valence-electron chi connectivity index (χ1n) is 5.35. The zero-order valence-electron chi connectivity index (χ0n) is 10.6. The molecular formula is C10H21N3Si2. The van der Waals surface area contributed by atoms with Gasteiger partial charge in [-0.05, 0) is 0 Å². The van der Waals surface area contributed by atoms with Crippen molar-refractivity contribution in [2.24, 2.45) is 0 Å². The molecule has 1 aromatic heterocycles. The molecule has 5 heteroatoms. The SMILES string of the molecule is C[Si](C)(C)C(c1ncncn1)[Si](C)(C)C. The molecule has 0 aromatic carbocycles. The lowest BCUT2D eigenvalue weighted by Gasteiger charge is -2.36. The van der Waals surface area contributed by atoms with Crippen molar-refractivity contribution in [2.45, 2.75) is 44.4 Å². The molecule has 0 saturated carbocycles. The summed E-state index contributed by atoms with van der Waals surface area (Å²) in [6.07, 6.45) is 3.24. The molecule has 0 spiro atoms. The van der Waals surface area contributed by atoms with Crippen molar-refractivity contribution in [3.05, 3.63) is 18.5 Å². The van der Waals surface area contributed by atoms with Gasteiger partial charge in [-0.15, -0.1) is 0 Å². The monoisotopic (exact) mass is 239 g/mol. The summed E-state index contributed by atoms with van der Waals surface area (Å²) in [5, 5.41) is 0.605. The minimum atomic E-state index is -1.25. The van der Waals surface area contributed by atoms with Crippen molar-refractivity contribution in [2.75, 3.05) is 0 Å². The quantitative estimate of drug-likeness (QED) is 0.761. The van der Waals surface area contributed by atoms with Crippen molar-refractivity contribution >= 4 is 16.1 Å². The molecule has 84 valence electrons. The van der Waals surface area contributed by atoms with Crippen molar-refractivity contribution in [3.8, 4) is 0 Å². The number of hydrogen-bond donors (Lipinski definition) is 0. The number of rotatable bonds is 3. The van der Waals surface area contributed by atoms with Crippen LogP contribution in [0.5, 0.6) is 0 Å². The Labute approximate surface area is 94.4 Å². The molecule has 0 radical (unpaired) electrons. The predicted molar refractivity (Wildman–Crippen MR) is 69.3 cm³/mol. The fourth-order valence-electron chi connectivity index (χ4n) is 2.47. The van der Waals surface area contributed by atoms with Crippen molar-refractivity contribution in [1.29, 1.82) is 0 Å². The van der Waals surface area contributed by atoms with Gasteiger partial charge in [-0.1, -0.05) is 39.3 Å². The number of hydrogen-bond acceptors (Lipinski definition) is 3. The molecule has 0 aliphatic heterocycles. The van der Waals surface area contributed by atoms with Crippen LogP contribution in [0.25, 0.3) is 0 Å². The summed E-state index contributed by atoms with van der Waals surface area (Å²) in [4.78, 5) is 12.6. The zero-order valence-corrected chi connectivity index (χ0v) is 12.6. The van der Waals surface area contributed by atoms with Crippen LogP contribution in [-0.4, -0.2) is 31.1 Å². The largest absolute Gasteiger partial charge is 0.225 e. The molecule has 0 amide bonds. The average Bonchev–Trinajstić information content (AvgIpc) is 2.00. The first kappa shape index (κ1) is 12.5. The summed E-state index contributed by atoms with van der Waals surface area (Å²) in [5.41, 5.74) is 0. The molecule has 0 N–H and O–H groups in total. The van der Waals surface area contributed by atoms with E-state index >= 15 is 0 Å². The third-order valence-electron chi connectivity index (χ3n) is 2.50. The molecule has 1 aromatic rings. The highest BCUT2D eigenvalue weighted by Crippen LogP contribution is 2.33. The zero-order chi connectivity index (χ0) is 11.7. The molecule has 1 heterocycles. The van der Waals surface area contributed by atoms with Gasteiger partial charge < -0.3 is 0 Å². The minimum Gasteiger partial charge on any atom is -0.225 e. The first-order chi connectivity index (χ1) is 6.73. The van der Waals surface area contributed by atoms with Gasteiger partial charge in [0.2, 0.25) is 0 Å². The summed E-state index contributed by atoms with van der Waals surface area (Å²) in [5.74, 6) is 1.02. The number of nitrogens with zero attached hydrogens (tertiary/aromatic N) is 3. The molecule has 0 saturated heterocycles. The van der Waals surface area contributed by atoms with Crippen molar-refractivity contribution < 1.29 is 0 Å². The van der Waals surface area contributed by atoms with Gasteiger partial charge >= 0.3 is 0 Å². The molecule has 0 aliphatic rings. The van der Waals surface area contributed by atoms with Gasteiger partial charge in [-0.3, -0.25) is 0 Å². The molecular weight excluding hydrogens is 218 g/mol. The van der Waals surface area contributed by atoms with Gasteiger partial charge in [-0.2, -0.15) is 0 Å². The molecule has 15 heavy (non-hydrogen) atoms. The lowest BCUT2D eigenvalue weighted by molar-refractivity contribution is 0.913. The van der Waals surface area contributed by atoms with E-state index in [0.29, 0.717) is 5.16 Å². The summed E-state index contributed by atoms with van der Waals surface area (Å²) < 4.78 is 0. The highest BCUT2D eigenvalue weighted by Gasteiger charge is 2.40. The maximum absolute atomic E-state index is 4.36. The van der Waals surface area contributed by atoms with E-state index in [-0.39, 0.29) is 0 Å². The highest BCUT2D eigenvalue weighted by atomic mass is 28.4. The van der Waals surface area contributed by atoms with Crippen molar-refractivity contribution in [1.82, 2.24) is 15.0 Å². The molecule has 0 atom stereocenters. The molecule has 0 bridgehead atoms. The van der Waals surface area contributed by atoms with Gasteiger partial charge in [0.15, 0.2) is 0 Å². The normalized spacial score (nSPS) is 13.3. The van der Waals surface area contributed by atoms with Gasteiger partial charge in [0.25, 0.3) is 0 Å². The standard InChI is InChI=1S/C10H21N3Si2/c1-14(2,3)10(15(4,5)6)9-12-7-11-8-13-9/h7-8,10H,1-6H3. The van der Waals surface area contributed by atoms with E-state index in [1.165, 1.54) is 0 Å². The molecule has 1 rings (SSSR count). The predicted octanol–water partition coefficient (Wildman–Crippen LogP) is 2.71. The smallest absolute Gasteiger partial charge is 0.129 e. The Morgan fingerprint density at radius 2 is 1.27 bits per heavy atom. The molecule has 0 unspecified atom stereocenters. The maximum Gasteiger partial charge on any atom is 0.129 e. The van der Waals surface area contributed by atoms with Crippen LogP contribution in [0, 0.1) is 0 Å². The first-order valence-corrected chi connectivity index (χ1v) is 12.5. The number of aromatic nitrogens is 3. The van der Waals surface area contributed by atoms with Gasteiger partial charge in [0.1, 0.15) is 18.5 Å². The minimum absolute atomic E-state index is 0.605. The van der Waals surface area contributed by atoms with E-state index in [2.05, 4.69) is 54.2 Å². The summed E-state index contributed by atoms with van der Waals surface area (Å²) in [6, 6.07) is 0. The van der Waals surface area contributed by atoms with Gasteiger partial charge in [0, 0.05) is 5.16 Å². The summed E-state index contributed by atoms with van der Waals surface area (Å²) >= 11 is 0. The van der Waals surface area contributed by atoms with Crippen LogP contribution >= 0.6 is 0 Å². The Morgan fingerprint density at radius 3 is 1.60 bits per heavy atom. The molecule has 3 nitrogen and oxygen atoms in total. The second-order valence-electron chi connectivity index (χ2n) is 6.16. The van der Waals surface area contributed by atoms with Crippen LogP contribution in [0.2, 0.25) is 39.3 Å². The maximum atomic E-state index is 4.36. The Balaban J connectivity index is 3.15. The Hall–Kier alpha value is -0.556. The van der Waals surface area contributed by atoms with Crippen LogP contribution in [0.1, 0.15) is 11.0 Å². The van der Waals surface area contributed by atoms with Gasteiger partial charge in [-0.25, -0.2) is 15.0 Å². The second kappa shape index (κ2) is 4.13. The van der Waals surface area contributed by atoms with E-state index in [4.69, 9.17) is 0 Å². The molecule has 0 fully saturated rings. The van der Waals surface area contributed by atoms with E-state index < -0.39 is 16.1 Å². The van der Waals surface area contributed by atoms with Crippen LogP contribution in [0.15, 0.2) is 12.7 Å². The summed E-state index contributed by atoms with van der Waals surface area (Å²) in [6.45, 7) is 14.4. The van der Waals surface area contributed by atoms with Crippen molar-refractivity contribution in [3.63, 3.8) is 0 Å². The Bertz CT molecular complexity index is 300. The average molecular weight is 239 g/mol. The van der Waals surface area contributed by atoms with E-state index in [0.717, 1.165) is 5.82 Å². The lowest BCUT2D eigenvalue weighted by atomic mass is 10.7. The molecule has 0 aliphatic carbocycles. The van der Waals surface area contributed by atoms with E-state index in [9.17, 15) is 0 Å². The fourth-order valence-corrected chi connectivity index (χ4v) is 14.7. The summed E-state index contributed by atoms with van der Waals surface area (Å²) in [7, 11) is -2.51. The van der Waals surface area contributed by atoms with Crippen LogP contribution < -0.4 is 0 Å². The highest BCUT2D eigenvalue weighted by molar-refractivity contribution is 6.96. The van der Waals surface area contributed by atoms with Gasteiger partial charge in [0.05, 0.1) is 16.1 Å². The Morgan fingerprint density at radius 1 is 0.867 bits per heavy atom. The van der Waals surface area contributed by atoms with Crippen LogP contribution in [-0.2, 0) is 0 Å². The van der Waals surface area contributed by atoms with E-state index in [1.54, 1.807) is 12.7 Å². The fraction of sp³-hybridized carbons (Fsp3) is 0.700. The Kier molecular flexibility index (Phi) is 3.45. The third kappa shape index (κ3) is 3.20.